The van der Waals surface area contributed by atoms with E-state index < -0.39 is 0 Å². The molecule has 1 fully saturated rings. The summed E-state index contributed by atoms with van der Waals surface area (Å²) < 4.78 is 12.5. The third kappa shape index (κ3) is 5.64. The number of nitrogens with one attached hydrogen (secondary N) is 1. The molecule has 0 saturated heterocycles. The van der Waals surface area contributed by atoms with Crippen LogP contribution in [0.2, 0.25) is 0 Å². The van der Waals surface area contributed by atoms with Gasteiger partial charge in [0.05, 0.1) is 11.4 Å². The largest absolute Gasteiger partial charge is 0.485 e. The van der Waals surface area contributed by atoms with Gasteiger partial charge in [-0.3, -0.25) is 9.59 Å². The lowest BCUT2D eigenvalue weighted by molar-refractivity contribution is -0.121. The van der Waals surface area contributed by atoms with Crippen LogP contribution in [0.15, 0.2) is 39.6 Å². The zero-order valence-corrected chi connectivity index (χ0v) is 19.7. The van der Waals surface area contributed by atoms with Crippen molar-refractivity contribution >= 4 is 17.2 Å². The third-order valence-corrected chi connectivity index (χ3v) is 6.48. The first-order valence-electron chi connectivity index (χ1n) is 12.0. The van der Waals surface area contributed by atoms with Gasteiger partial charge in [-0.1, -0.05) is 32.3 Å². The summed E-state index contributed by atoms with van der Waals surface area (Å²) in [6.45, 7) is 6.08. The minimum absolute atomic E-state index is 0.0467. The van der Waals surface area contributed by atoms with Gasteiger partial charge >= 0.3 is 0 Å². The number of carbonyl (C=O) groups is 1. The highest BCUT2D eigenvalue weighted by Crippen LogP contribution is 2.34. The highest BCUT2D eigenvalue weighted by atomic mass is 16.5. The van der Waals surface area contributed by atoms with Gasteiger partial charge in [-0.05, 0) is 63.1 Å². The lowest BCUT2D eigenvalue weighted by Crippen LogP contribution is -2.27. The molecule has 1 aliphatic rings. The van der Waals surface area contributed by atoms with Crippen LogP contribution in [-0.2, 0) is 11.4 Å². The van der Waals surface area contributed by atoms with Crippen molar-refractivity contribution in [2.45, 2.75) is 72.3 Å². The lowest BCUT2D eigenvalue weighted by atomic mass is 9.79. The standard InChI is InChI=1S/C26H33N3O4/c1-4-5-6-19-8-10-20(11-9-19)26(31)28-22-12-7-17(2)13-23(22)32-16-21-15-25(30)29-24(27-21)14-18(3)33-29/h7,12-15,19-20H,4-6,8-11,16H2,1-3H3,(H,28,31). The normalized spacial score (nSPS) is 18.4. The number of aryl methyl sites for hydroxylation is 2. The smallest absolute Gasteiger partial charge is 0.287 e. The van der Waals surface area contributed by atoms with Crippen LogP contribution in [0.25, 0.3) is 5.65 Å². The summed E-state index contributed by atoms with van der Waals surface area (Å²) in [4.78, 5) is 29.7. The molecule has 1 aliphatic carbocycles. The SMILES string of the molecule is CCCCC1CCC(C(=O)Nc2ccc(C)cc2OCc2cc(=O)n3oc(C)cc3n2)CC1. The molecule has 7 heteroatoms. The highest BCUT2D eigenvalue weighted by molar-refractivity contribution is 5.94. The van der Waals surface area contributed by atoms with Gasteiger partial charge in [-0.15, -0.1) is 4.57 Å². The van der Waals surface area contributed by atoms with Gasteiger partial charge in [0.25, 0.3) is 5.56 Å². The summed E-state index contributed by atoms with van der Waals surface area (Å²) in [5.74, 6) is 2.06. The van der Waals surface area contributed by atoms with E-state index >= 15 is 0 Å². The number of rotatable bonds is 8. The third-order valence-electron chi connectivity index (χ3n) is 6.48. The van der Waals surface area contributed by atoms with Crippen LogP contribution in [0.4, 0.5) is 5.69 Å². The molecule has 3 aromatic rings. The summed E-state index contributed by atoms with van der Waals surface area (Å²) in [5, 5.41) is 3.08. The quantitative estimate of drug-likeness (QED) is 0.494. The predicted octanol–water partition coefficient (Wildman–Crippen LogP) is 5.42. The number of aromatic nitrogens is 2. The number of hydrogen-bond acceptors (Lipinski definition) is 5. The summed E-state index contributed by atoms with van der Waals surface area (Å²) in [7, 11) is 0. The fourth-order valence-corrected chi connectivity index (χ4v) is 4.59. The van der Waals surface area contributed by atoms with Crippen LogP contribution in [0.5, 0.6) is 5.75 Å². The van der Waals surface area contributed by atoms with Crippen molar-refractivity contribution in [3.8, 4) is 5.75 Å². The first-order valence-corrected chi connectivity index (χ1v) is 12.0. The molecule has 1 saturated carbocycles. The Labute approximate surface area is 194 Å². The molecule has 2 aromatic heterocycles. The number of ether oxygens (including phenoxy) is 1. The van der Waals surface area contributed by atoms with Gasteiger partial charge in [0.1, 0.15) is 18.1 Å². The Hall–Kier alpha value is -3.09. The van der Waals surface area contributed by atoms with Gasteiger partial charge in [0.15, 0.2) is 5.65 Å². The van der Waals surface area contributed by atoms with Crippen LogP contribution in [0, 0.1) is 25.7 Å². The van der Waals surface area contributed by atoms with Crippen molar-refractivity contribution in [1.82, 2.24) is 9.56 Å². The topological polar surface area (TPSA) is 85.8 Å². The monoisotopic (exact) mass is 451 g/mol. The molecule has 176 valence electrons. The molecule has 7 nitrogen and oxygen atoms in total. The van der Waals surface area contributed by atoms with Gasteiger partial charge in [0.2, 0.25) is 5.91 Å². The number of carbonyl (C=O) groups excluding carboxylic acids is 1. The van der Waals surface area contributed by atoms with Gasteiger partial charge in [0, 0.05) is 18.1 Å². The second kappa shape index (κ2) is 10.2. The van der Waals surface area contributed by atoms with Crippen LogP contribution < -0.4 is 15.6 Å². The zero-order valence-electron chi connectivity index (χ0n) is 19.7. The zero-order chi connectivity index (χ0) is 23.4. The van der Waals surface area contributed by atoms with Crippen LogP contribution in [0.3, 0.4) is 0 Å². The van der Waals surface area contributed by atoms with Gasteiger partial charge < -0.3 is 14.6 Å². The molecule has 1 N–H and O–H groups in total. The molecular weight excluding hydrogens is 418 g/mol. The maximum Gasteiger partial charge on any atom is 0.287 e. The number of fused-ring (bicyclic) bond motifs is 1. The Balaban J connectivity index is 1.41. The molecule has 0 spiro atoms. The minimum Gasteiger partial charge on any atom is -0.485 e. The second-order valence-electron chi connectivity index (χ2n) is 9.22. The minimum atomic E-state index is -0.293. The van der Waals surface area contributed by atoms with E-state index in [9.17, 15) is 9.59 Å². The van der Waals surface area contributed by atoms with Gasteiger partial charge in [-0.25, -0.2) is 4.98 Å². The molecular formula is C26H33N3O4. The second-order valence-corrected chi connectivity index (χ2v) is 9.22. The first-order chi connectivity index (χ1) is 15.9. The van der Waals surface area contributed by atoms with Crippen molar-refractivity contribution in [1.29, 1.82) is 0 Å². The Morgan fingerprint density at radius 1 is 1.18 bits per heavy atom. The summed E-state index contributed by atoms with van der Waals surface area (Å²) in [5.41, 5.74) is 2.33. The predicted molar refractivity (Wildman–Crippen MR) is 128 cm³/mol. The molecule has 0 unspecified atom stereocenters. The molecule has 2 heterocycles. The summed E-state index contributed by atoms with van der Waals surface area (Å²) in [6, 6.07) is 8.83. The Morgan fingerprint density at radius 3 is 2.73 bits per heavy atom. The fraction of sp³-hybridized carbons (Fsp3) is 0.500. The van der Waals surface area contributed by atoms with Crippen molar-refractivity contribution < 1.29 is 14.1 Å². The van der Waals surface area contributed by atoms with E-state index in [1.165, 1.54) is 25.3 Å². The molecule has 0 radical (unpaired) electrons. The summed E-state index contributed by atoms with van der Waals surface area (Å²) in [6.07, 6.45) is 7.94. The highest BCUT2D eigenvalue weighted by Gasteiger charge is 2.26. The van der Waals surface area contributed by atoms with Crippen molar-refractivity contribution in [2.75, 3.05) is 5.32 Å². The number of amides is 1. The average Bonchev–Trinajstić information content (AvgIpc) is 3.19. The summed E-state index contributed by atoms with van der Waals surface area (Å²) >= 11 is 0. The van der Waals surface area contributed by atoms with Crippen molar-refractivity contribution in [3.63, 3.8) is 0 Å². The van der Waals surface area contributed by atoms with E-state index in [4.69, 9.17) is 9.26 Å². The van der Waals surface area contributed by atoms with E-state index in [0.29, 0.717) is 28.5 Å². The molecule has 0 atom stereocenters. The van der Waals surface area contributed by atoms with E-state index in [1.54, 1.807) is 13.0 Å². The first kappa shape index (κ1) is 23.1. The molecule has 0 bridgehead atoms. The van der Waals surface area contributed by atoms with E-state index in [-0.39, 0.29) is 24.0 Å². The molecule has 1 amide bonds. The molecule has 1 aromatic carbocycles. The van der Waals surface area contributed by atoms with Gasteiger partial charge in [-0.2, -0.15) is 0 Å². The Bertz CT molecular complexity index is 1170. The number of nitrogens with zero attached hydrogens (tertiary/aromatic N) is 2. The van der Waals surface area contributed by atoms with E-state index in [2.05, 4.69) is 17.2 Å². The lowest BCUT2D eigenvalue weighted by Gasteiger charge is -2.28. The van der Waals surface area contributed by atoms with Crippen molar-refractivity contribution in [2.24, 2.45) is 11.8 Å². The maximum atomic E-state index is 13.0. The number of benzene rings is 1. The average molecular weight is 452 g/mol. The van der Waals surface area contributed by atoms with Crippen LogP contribution in [0.1, 0.15) is 68.9 Å². The van der Waals surface area contributed by atoms with E-state index in [0.717, 1.165) is 41.7 Å². The number of unbranched alkanes of at least 4 members (excludes halogenated alkanes) is 1. The Kier molecular flexibility index (Phi) is 7.16. The van der Waals surface area contributed by atoms with Crippen LogP contribution in [-0.4, -0.2) is 15.5 Å². The van der Waals surface area contributed by atoms with Crippen LogP contribution >= 0.6 is 0 Å². The fourth-order valence-electron chi connectivity index (χ4n) is 4.59. The Morgan fingerprint density at radius 2 is 1.97 bits per heavy atom. The maximum absolute atomic E-state index is 13.0. The number of anilines is 1. The molecule has 33 heavy (non-hydrogen) atoms. The van der Waals surface area contributed by atoms with Crippen molar-refractivity contribution in [3.05, 3.63) is 57.7 Å². The van der Waals surface area contributed by atoms with E-state index in [1.807, 2.05) is 25.1 Å². The molecule has 0 aliphatic heterocycles. The number of hydrogen-bond donors (Lipinski definition) is 1. The molecule has 4 rings (SSSR count).